The van der Waals surface area contributed by atoms with Gasteiger partial charge in [0.05, 0.1) is 22.3 Å². The molecule has 9 aromatic rings. The maximum atomic E-state index is 11.8. The molecule has 1 aliphatic carbocycles. The van der Waals surface area contributed by atoms with Gasteiger partial charge in [-0.25, -0.2) is 4.98 Å². The topological polar surface area (TPSA) is 50.9 Å². The number of para-hydroxylation sites is 2. The number of aromatic nitrogens is 3. The number of fused-ring (bicyclic) bond motifs is 2. The van der Waals surface area contributed by atoms with Crippen molar-refractivity contribution in [3.63, 3.8) is 0 Å². The standard InChI is InChI=1S/C59H52N3O.Pt/c1-58(2,3)48-34-44(33-45(35-48)52-37-43(31-32-60-52)39-27-29-47(30-28-39)59(4,5)46-21-10-7-11-22-46)50-24-16-26-54-56(50)61-57(51-36-41-19-12-13-20-42(41)38-55(51)63)62(54)53-25-15-14-23-49(53)40-17-8-6-9-18-40;/h6-11,14-18,21-32,34-38,63H,12-13,19-20H2,1-5H3;/q-1;. The molecule has 2 aromatic heterocycles. The van der Waals surface area contributed by atoms with Gasteiger partial charge in [-0.3, -0.25) is 9.55 Å². The number of hydrogen-bond donors (Lipinski definition) is 1. The Morgan fingerprint density at radius 3 is 1.92 bits per heavy atom. The number of phenolic OH excluding ortho intramolecular Hbond substituents is 1. The van der Waals surface area contributed by atoms with E-state index in [9.17, 15) is 5.11 Å². The van der Waals surface area contributed by atoms with Crippen LogP contribution in [0.1, 0.15) is 75.3 Å². The maximum Gasteiger partial charge on any atom is 0.148 e. The minimum Gasteiger partial charge on any atom is -0.507 e. The predicted molar refractivity (Wildman–Crippen MR) is 260 cm³/mol. The van der Waals surface area contributed by atoms with Crippen LogP contribution in [0.5, 0.6) is 5.75 Å². The molecule has 7 aromatic carbocycles. The summed E-state index contributed by atoms with van der Waals surface area (Å²) in [4.78, 5) is 10.5. The Hall–Kier alpha value is -6.35. The quantitative estimate of drug-likeness (QED) is 0.154. The van der Waals surface area contributed by atoms with E-state index in [1.165, 1.54) is 27.8 Å². The van der Waals surface area contributed by atoms with Gasteiger partial charge in [0.1, 0.15) is 11.6 Å². The summed E-state index contributed by atoms with van der Waals surface area (Å²) in [5.41, 5.74) is 17.7. The number of phenols is 1. The fourth-order valence-electron chi connectivity index (χ4n) is 9.37. The van der Waals surface area contributed by atoms with Crippen LogP contribution in [-0.4, -0.2) is 19.6 Å². The summed E-state index contributed by atoms with van der Waals surface area (Å²) in [5, 5.41) is 11.8. The van der Waals surface area contributed by atoms with E-state index in [2.05, 4.69) is 203 Å². The molecule has 0 spiro atoms. The number of aromatic hydroxyl groups is 1. The SMILES string of the molecule is CC(C)(C)c1cc(-c2cc(-c3ccc(C(C)(C)c4ccccc4)cc3)ccn2)[c-]c(-c2cccc3c2nc(-c2cc4c(cc2O)CCCC4)n3-c2ccccc2-c2ccccc2)c1.[Pt]. The van der Waals surface area contributed by atoms with E-state index in [0.29, 0.717) is 5.82 Å². The van der Waals surface area contributed by atoms with E-state index in [0.717, 1.165) is 92.6 Å². The van der Waals surface area contributed by atoms with E-state index in [4.69, 9.17) is 9.97 Å². The van der Waals surface area contributed by atoms with Crippen molar-refractivity contribution >= 4 is 11.0 Å². The average molecular weight is 1010 g/mol. The van der Waals surface area contributed by atoms with Crippen molar-refractivity contribution in [2.24, 2.45) is 0 Å². The molecule has 0 radical (unpaired) electrons. The molecular formula is C59H52N3OPt-. The Morgan fingerprint density at radius 2 is 1.19 bits per heavy atom. The van der Waals surface area contributed by atoms with Gasteiger partial charge in [0, 0.05) is 43.9 Å². The number of pyridine rings is 1. The fourth-order valence-corrected chi connectivity index (χ4v) is 9.37. The monoisotopic (exact) mass is 1010 g/mol. The number of benzene rings is 7. The summed E-state index contributed by atoms with van der Waals surface area (Å²) in [7, 11) is 0. The fraction of sp³-hybridized carbons (Fsp3) is 0.186. The molecule has 0 fully saturated rings. The van der Waals surface area contributed by atoms with Gasteiger partial charge in [-0.05, 0) is 100 Å². The normalized spacial score (nSPS) is 12.8. The largest absolute Gasteiger partial charge is 0.507 e. The van der Waals surface area contributed by atoms with Gasteiger partial charge in [0.25, 0.3) is 0 Å². The number of imidazole rings is 1. The first-order valence-corrected chi connectivity index (χ1v) is 22.3. The van der Waals surface area contributed by atoms with Crippen molar-refractivity contribution < 1.29 is 26.2 Å². The van der Waals surface area contributed by atoms with Crippen LogP contribution in [0.3, 0.4) is 0 Å². The first kappa shape index (κ1) is 42.9. The van der Waals surface area contributed by atoms with Crippen LogP contribution in [0.15, 0.2) is 170 Å². The van der Waals surface area contributed by atoms with Crippen molar-refractivity contribution in [1.82, 2.24) is 14.5 Å². The molecule has 1 aliphatic rings. The number of aryl methyl sites for hydroxylation is 2. The molecule has 4 nitrogen and oxygen atoms in total. The zero-order valence-corrected chi connectivity index (χ0v) is 39.4. The molecule has 0 saturated heterocycles. The zero-order valence-electron chi connectivity index (χ0n) is 37.1. The summed E-state index contributed by atoms with van der Waals surface area (Å²) >= 11 is 0. The average Bonchev–Trinajstić information content (AvgIpc) is 3.71. The third-order valence-electron chi connectivity index (χ3n) is 13.1. The van der Waals surface area contributed by atoms with Crippen molar-refractivity contribution in [2.75, 3.05) is 0 Å². The smallest absolute Gasteiger partial charge is 0.148 e. The van der Waals surface area contributed by atoms with Gasteiger partial charge in [-0.1, -0.05) is 167 Å². The number of hydrogen-bond acceptors (Lipinski definition) is 3. The summed E-state index contributed by atoms with van der Waals surface area (Å²) < 4.78 is 2.25. The Labute approximate surface area is 392 Å². The molecule has 2 heterocycles. The molecule has 5 heteroatoms. The van der Waals surface area contributed by atoms with E-state index >= 15 is 0 Å². The molecule has 10 rings (SSSR count). The van der Waals surface area contributed by atoms with Crippen LogP contribution in [0.25, 0.3) is 72.7 Å². The minimum atomic E-state index is -0.153. The third-order valence-corrected chi connectivity index (χ3v) is 13.1. The summed E-state index contributed by atoms with van der Waals surface area (Å²) in [6, 6.07) is 61.9. The first-order valence-electron chi connectivity index (χ1n) is 22.3. The van der Waals surface area contributed by atoms with Gasteiger partial charge < -0.3 is 5.11 Å². The molecule has 1 N–H and O–H groups in total. The molecule has 320 valence electrons. The maximum absolute atomic E-state index is 11.8. The molecule has 0 aliphatic heterocycles. The number of rotatable bonds is 8. The molecule has 0 bridgehead atoms. The molecule has 64 heavy (non-hydrogen) atoms. The predicted octanol–water partition coefficient (Wildman–Crippen LogP) is 14.8. The zero-order chi connectivity index (χ0) is 43.3. The molecule has 0 saturated carbocycles. The number of nitrogens with zero attached hydrogens (tertiary/aromatic N) is 3. The van der Waals surface area contributed by atoms with Crippen molar-refractivity contribution in [3.8, 4) is 67.5 Å². The minimum absolute atomic E-state index is 0. The Morgan fingerprint density at radius 1 is 0.547 bits per heavy atom. The second-order valence-electron chi connectivity index (χ2n) is 18.6. The van der Waals surface area contributed by atoms with Crippen LogP contribution in [-0.2, 0) is 44.7 Å². The van der Waals surface area contributed by atoms with E-state index in [1.807, 2.05) is 12.3 Å². The van der Waals surface area contributed by atoms with E-state index in [-0.39, 0.29) is 37.6 Å². The van der Waals surface area contributed by atoms with Crippen LogP contribution in [0.2, 0.25) is 0 Å². The van der Waals surface area contributed by atoms with Gasteiger partial charge >= 0.3 is 0 Å². The Bertz CT molecular complexity index is 3120. The van der Waals surface area contributed by atoms with Gasteiger partial charge in [0.2, 0.25) is 0 Å². The van der Waals surface area contributed by atoms with Crippen LogP contribution in [0.4, 0.5) is 0 Å². The molecule has 0 unspecified atom stereocenters. The summed E-state index contributed by atoms with van der Waals surface area (Å²) in [6.45, 7) is 11.3. The van der Waals surface area contributed by atoms with Gasteiger partial charge in [-0.15, -0.1) is 29.3 Å². The third kappa shape index (κ3) is 8.05. The molecule has 0 atom stereocenters. The van der Waals surface area contributed by atoms with E-state index < -0.39 is 0 Å². The molecular weight excluding hydrogens is 962 g/mol. The van der Waals surface area contributed by atoms with Crippen molar-refractivity contribution in [3.05, 3.63) is 204 Å². The molecule has 0 amide bonds. The van der Waals surface area contributed by atoms with Crippen molar-refractivity contribution in [1.29, 1.82) is 0 Å². The van der Waals surface area contributed by atoms with Crippen LogP contribution in [0, 0.1) is 6.07 Å². The van der Waals surface area contributed by atoms with E-state index in [1.54, 1.807) is 0 Å². The first-order chi connectivity index (χ1) is 30.5. The summed E-state index contributed by atoms with van der Waals surface area (Å²) in [6.07, 6.45) is 6.19. The Kier molecular flexibility index (Phi) is 11.6. The van der Waals surface area contributed by atoms with Gasteiger partial charge in [-0.2, -0.15) is 0 Å². The van der Waals surface area contributed by atoms with Crippen molar-refractivity contribution in [2.45, 2.75) is 71.1 Å². The van der Waals surface area contributed by atoms with Crippen LogP contribution >= 0.6 is 0 Å². The second-order valence-corrected chi connectivity index (χ2v) is 18.6. The second kappa shape index (κ2) is 17.3. The Balaban J connectivity index is 0.00000518. The summed E-state index contributed by atoms with van der Waals surface area (Å²) in [5.74, 6) is 0.974. The van der Waals surface area contributed by atoms with Crippen LogP contribution < -0.4 is 0 Å². The van der Waals surface area contributed by atoms with Gasteiger partial charge in [0.15, 0.2) is 0 Å².